The minimum atomic E-state index is 0.0824. The van der Waals surface area contributed by atoms with E-state index in [0.717, 1.165) is 41.9 Å². The van der Waals surface area contributed by atoms with E-state index >= 15 is 0 Å². The van der Waals surface area contributed by atoms with Crippen molar-refractivity contribution < 1.29 is 9.53 Å². The van der Waals surface area contributed by atoms with Crippen LogP contribution in [-0.2, 0) is 9.53 Å². The number of esters is 1. The summed E-state index contributed by atoms with van der Waals surface area (Å²) >= 11 is 0. The lowest BCUT2D eigenvalue weighted by atomic mass is 9.47. The zero-order valence-electron chi connectivity index (χ0n) is 18.2. The van der Waals surface area contributed by atoms with Crippen LogP contribution in [0.5, 0.6) is 0 Å². The predicted molar refractivity (Wildman–Crippen MR) is 110 cm³/mol. The molecule has 4 aliphatic carbocycles. The molecule has 4 rings (SSSR count). The third-order valence-corrected chi connectivity index (χ3v) is 9.92. The highest BCUT2D eigenvalue weighted by atomic mass is 16.5. The van der Waals surface area contributed by atoms with Crippen LogP contribution in [0.3, 0.4) is 0 Å². The van der Waals surface area contributed by atoms with Crippen LogP contribution in [0, 0.1) is 52.8 Å². The number of carbonyl (C=O) groups excluding carboxylic acids is 1. The summed E-state index contributed by atoms with van der Waals surface area (Å²) in [5.41, 5.74) is 0.337. The van der Waals surface area contributed by atoms with E-state index in [1.54, 1.807) is 0 Å². The lowest BCUT2D eigenvalue weighted by Crippen LogP contribution is -2.51. The Kier molecular flexibility index (Phi) is 5.65. The van der Waals surface area contributed by atoms with E-state index in [4.69, 9.17) is 4.74 Å². The van der Waals surface area contributed by atoms with Crippen molar-refractivity contribution in [2.24, 2.45) is 52.8 Å². The average molecular weight is 375 g/mol. The Hall–Kier alpha value is -0.530. The van der Waals surface area contributed by atoms with Gasteiger partial charge in [-0.15, -0.1) is 0 Å². The molecule has 9 atom stereocenters. The van der Waals surface area contributed by atoms with Gasteiger partial charge in [0.05, 0.1) is 12.5 Å². The zero-order chi connectivity index (χ0) is 19.2. The van der Waals surface area contributed by atoms with E-state index < -0.39 is 0 Å². The molecule has 0 heterocycles. The highest BCUT2D eigenvalue weighted by molar-refractivity contribution is 5.73. The standard InChI is InChI=1S/C25H42O2/c1-5-27-24(26)19-7-6-8-23-22-12-10-18-15-16(2)9-11-20(18)21(22)13-14-25(23,4)17(19)3/h16-23H,5-15H2,1-4H3/t16-,17?,18-,19?,20+,21-,22-,23+,25-/m1/s1. The van der Waals surface area contributed by atoms with Crippen molar-refractivity contribution in [3.63, 3.8) is 0 Å². The van der Waals surface area contributed by atoms with E-state index in [1.165, 1.54) is 57.8 Å². The molecule has 2 nitrogen and oxygen atoms in total. The molecule has 4 aliphatic rings. The Labute approximate surface area is 167 Å². The molecule has 0 amide bonds. The lowest BCUT2D eigenvalue weighted by Gasteiger charge is -2.58. The normalized spacial score (nSPS) is 49.9. The molecule has 0 aromatic heterocycles. The van der Waals surface area contributed by atoms with Gasteiger partial charge in [-0.1, -0.05) is 33.6 Å². The van der Waals surface area contributed by atoms with E-state index in [2.05, 4.69) is 20.8 Å². The summed E-state index contributed by atoms with van der Waals surface area (Å²) in [5.74, 6) is 6.43. The van der Waals surface area contributed by atoms with Gasteiger partial charge < -0.3 is 4.74 Å². The van der Waals surface area contributed by atoms with Gasteiger partial charge in [0.2, 0.25) is 0 Å². The van der Waals surface area contributed by atoms with Crippen molar-refractivity contribution in [3.8, 4) is 0 Å². The summed E-state index contributed by atoms with van der Waals surface area (Å²) in [4.78, 5) is 12.7. The Morgan fingerprint density at radius 3 is 2.52 bits per heavy atom. The number of hydrogen-bond donors (Lipinski definition) is 0. The average Bonchev–Trinajstić information content (AvgIpc) is 2.78. The van der Waals surface area contributed by atoms with E-state index in [9.17, 15) is 4.79 Å². The number of hydrogen-bond acceptors (Lipinski definition) is 2. The van der Waals surface area contributed by atoms with E-state index in [0.29, 0.717) is 17.9 Å². The van der Waals surface area contributed by atoms with Crippen LogP contribution in [0.4, 0.5) is 0 Å². The summed E-state index contributed by atoms with van der Waals surface area (Å²) in [5, 5.41) is 0. The fourth-order valence-corrected chi connectivity index (χ4v) is 8.38. The second-order valence-corrected chi connectivity index (χ2v) is 11.0. The molecule has 0 radical (unpaired) electrons. The minimum Gasteiger partial charge on any atom is -0.466 e. The van der Waals surface area contributed by atoms with Crippen molar-refractivity contribution in [2.75, 3.05) is 6.61 Å². The first kappa shape index (κ1) is 19.8. The minimum absolute atomic E-state index is 0.0824. The molecular weight excluding hydrogens is 332 g/mol. The number of carbonyl (C=O) groups is 1. The second-order valence-electron chi connectivity index (χ2n) is 11.0. The molecule has 4 fully saturated rings. The van der Waals surface area contributed by atoms with Gasteiger partial charge in [0.25, 0.3) is 0 Å². The number of rotatable bonds is 2. The predicted octanol–water partition coefficient (Wildman–Crippen LogP) is 6.48. The maximum absolute atomic E-state index is 12.7. The van der Waals surface area contributed by atoms with Crippen LogP contribution >= 0.6 is 0 Å². The Morgan fingerprint density at radius 2 is 1.74 bits per heavy atom. The van der Waals surface area contributed by atoms with Gasteiger partial charge in [-0.05, 0) is 105 Å². The van der Waals surface area contributed by atoms with Crippen molar-refractivity contribution in [3.05, 3.63) is 0 Å². The SMILES string of the molecule is CCOC(=O)C1CCC[C@H]2[C@@H]3CC[C@@H]4C[C@H](C)CC[C@@H]4[C@H]3CC[C@]2(C)C1C. The monoisotopic (exact) mass is 374 g/mol. The van der Waals surface area contributed by atoms with E-state index in [-0.39, 0.29) is 11.9 Å². The van der Waals surface area contributed by atoms with Gasteiger partial charge in [0.15, 0.2) is 0 Å². The first-order valence-corrected chi connectivity index (χ1v) is 12.1. The summed E-state index contributed by atoms with van der Waals surface area (Å²) in [6.07, 6.45) is 13.8. The van der Waals surface area contributed by atoms with Gasteiger partial charge in [0, 0.05) is 0 Å². The first-order chi connectivity index (χ1) is 13.0. The highest BCUT2D eigenvalue weighted by Crippen LogP contribution is 2.63. The molecule has 27 heavy (non-hydrogen) atoms. The van der Waals surface area contributed by atoms with Gasteiger partial charge in [-0.3, -0.25) is 4.79 Å². The first-order valence-electron chi connectivity index (χ1n) is 12.1. The highest BCUT2D eigenvalue weighted by Gasteiger charge is 2.55. The topological polar surface area (TPSA) is 26.3 Å². The third kappa shape index (κ3) is 3.38. The van der Waals surface area contributed by atoms with Crippen LogP contribution < -0.4 is 0 Å². The largest absolute Gasteiger partial charge is 0.466 e. The van der Waals surface area contributed by atoms with Crippen molar-refractivity contribution in [1.29, 1.82) is 0 Å². The van der Waals surface area contributed by atoms with Gasteiger partial charge in [-0.25, -0.2) is 0 Å². The van der Waals surface area contributed by atoms with Gasteiger partial charge in [-0.2, -0.15) is 0 Å². The molecule has 2 heteroatoms. The maximum Gasteiger partial charge on any atom is 0.309 e. The molecule has 2 unspecified atom stereocenters. The Bertz CT molecular complexity index is 542. The summed E-state index contributed by atoms with van der Waals surface area (Å²) < 4.78 is 5.48. The summed E-state index contributed by atoms with van der Waals surface area (Å²) in [6.45, 7) is 9.87. The molecule has 0 N–H and O–H groups in total. The summed E-state index contributed by atoms with van der Waals surface area (Å²) in [6, 6.07) is 0. The molecule has 154 valence electrons. The maximum atomic E-state index is 12.7. The second kappa shape index (κ2) is 7.71. The molecule has 0 bridgehead atoms. The summed E-state index contributed by atoms with van der Waals surface area (Å²) in [7, 11) is 0. The molecule has 0 spiro atoms. The molecule has 4 saturated carbocycles. The van der Waals surface area contributed by atoms with Crippen LogP contribution in [0.2, 0.25) is 0 Å². The van der Waals surface area contributed by atoms with Crippen LogP contribution in [0.15, 0.2) is 0 Å². The quantitative estimate of drug-likeness (QED) is 0.517. The van der Waals surface area contributed by atoms with Gasteiger partial charge in [0.1, 0.15) is 0 Å². The number of fused-ring (bicyclic) bond motifs is 5. The fourth-order valence-electron chi connectivity index (χ4n) is 8.38. The molecule has 0 aromatic rings. The Balaban J connectivity index is 1.55. The molecular formula is C25H42O2. The van der Waals surface area contributed by atoms with Crippen LogP contribution in [0.1, 0.15) is 91.9 Å². The van der Waals surface area contributed by atoms with Crippen molar-refractivity contribution in [2.45, 2.75) is 91.9 Å². The third-order valence-electron chi connectivity index (χ3n) is 9.92. The molecule has 0 aliphatic heterocycles. The lowest BCUT2D eigenvalue weighted by molar-refractivity contribution is -0.154. The van der Waals surface area contributed by atoms with Crippen LogP contribution in [-0.4, -0.2) is 12.6 Å². The van der Waals surface area contributed by atoms with Gasteiger partial charge >= 0.3 is 5.97 Å². The van der Waals surface area contributed by atoms with E-state index in [1.807, 2.05) is 6.92 Å². The van der Waals surface area contributed by atoms with Crippen molar-refractivity contribution in [1.82, 2.24) is 0 Å². The Morgan fingerprint density at radius 1 is 0.963 bits per heavy atom. The van der Waals surface area contributed by atoms with Crippen molar-refractivity contribution >= 4 is 5.97 Å². The number of ether oxygens (including phenoxy) is 1. The zero-order valence-corrected chi connectivity index (χ0v) is 18.2. The van der Waals surface area contributed by atoms with Crippen LogP contribution in [0.25, 0.3) is 0 Å². The smallest absolute Gasteiger partial charge is 0.309 e. The molecule has 0 saturated heterocycles. The fraction of sp³-hybridized carbons (Fsp3) is 0.960. The molecule has 0 aromatic carbocycles.